The van der Waals surface area contributed by atoms with Gasteiger partial charge in [0.25, 0.3) is 0 Å². The van der Waals surface area contributed by atoms with Crippen LogP contribution in [0.1, 0.15) is 26.5 Å². The number of pyridine rings is 1. The van der Waals surface area contributed by atoms with E-state index in [-0.39, 0.29) is 6.10 Å². The highest BCUT2D eigenvalue weighted by atomic mass is 16.5. The van der Waals surface area contributed by atoms with Gasteiger partial charge in [-0.1, -0.05) is 25.1 Å². The van der Waals surface area contributed by atoms with Crippen LogP contribution in [0.15, 0.2) is 30.3 Å². The molecule has 1 aromatic carbocycles. The van der Waals surface area contributed by atoms with E-state index in [1.165, 1.54) is 0 Å². The number of fused-ring (bicyclic) bond motifs is 1. The van der Waals surface area contributed by atoms with E-state index < -0.39 is 0 Å². The third-order valence-corrected chi connectivity index (χ3v) is 3.37. The molecule has 0 spiro atoms. The van der Waals surface area contributed by atoms with E-state index in [4.69, 9.17) is 4.74 Å². The van der Waals surface area contributed by atoms with Gasteiger partial charge < -0.3 is 10.1 Å². The standard InChI is InChI=1S/C16H22N2O/c1-5-17-12(3)13(4)19-15-8-6-7-14-10-9-11(2)18-16(14)15/h6-10,12-13,17H,5H2,1-4H3. The minimum absolute atomic E-state index is 0.105. The van der Waals surface area contributed by atoms with Crippen molar-refractivity contribution in [1.29, 1.82) is 0 Å². The third-order valence-electron chi connectivity index (χ3n) is 3.37. The number of rotatable bonds is 5. The predicted octanol–water partition coefficient (Wildman–Crippen LogP) is 3.31. The van der Waals surface area contributed by atoms with Crippen molar-refractivity contribution in [2.24, 2.45) is 0 Å². The second-order valence-corrected chi connectivity index (χ2v) is 4.95. The van der Waals surface area contributed by atoms with Gasteiger partial charge in [-0.3, -0.25) is 0 Å². The fourth-order valence-electron chi connectivity index (χ4n) is 2.10. The Kier molecular flexibility index (Phi) is 4.38. The van der Waals surface area contributed by atoms with Crippen molar-refractivity contribution in [2.45, 2.75) is 39.8 Å². The molecule has 1 heterocycles. The molecule has 3 heteroatoms. The Morgan fingerprint density at radius 2 is 2.00 bits per heavy atom. The Morgan fingerprint density at radius 1 is 1.21 bits per heavy atom. The quantitative estimate of drug-likeness (QED) is 0.893. The van der Waals surface area contributed by atoms with Gasteiger partial charge in [-0.15, -0.1) is 0 Å². The van der Waals surface area contributed by atoms with Crippen molar-refractivity contribution in [2.75, 3.05) is 6.54 Å². The smallest absolute Gasteiger partial charge is 0.146 e. The first-order valence-corrected chi connectivity index (χ1v) is 6.88. The summed E-state index contributed by atoms with van der Waals surface area (Å²) in [7, 11) is 0. The summed E-state index contributed by atoms with van der Waals surface area (Å²) in [5.41, 5.74) is 1.95. The zero-order valence-electron chi connectivity index (χ0n) is 12.1. The molecule has 102 valence electrons. The van der Waals surface area contributed by atoms with Crippen LogP contribution in [0.4, 0.5) is 0 Å². The number of hydrogen-bond donors (Lipinski definition) is 1. The van der Waals surface area contributed by atoms with E-state index in [0.29, 0.717) is 6.04 Å². The molecule has 2 atom stereocenters. The molecule has 19 heavy (non-hydrogen) atoms. The predicted molar refractivity (Wildman–Crippen MR) is 79.7 cm³/mol. The molecule has 0 aliphatic carbocycles. The zero-order valence-corrected chi connectivity index (χ0v) is 12.1. The molecular weight excluding hydrogens is 236 g/mol. The highest BCUT2D eigenvalue weighted by molar-refractivity contribution is 5.84. The molecule has 0 fully saturated rings. The van der Waals surface area contributed by atoms with Crippen molar-refractivity contribution in [3.8, 4) is 5.75 Å². The number of nitrogens with zero attached hydrogens (tertiary/aromatic N) is 1. The van der Waals surface area contributed by atoms with Crippen LogP contribution in [0.25, 0.3) is 10.9 Å². The minimum atomic E-state index is 0.105. The number of likely N-dealkylation sites (N-methyl/N-ethyl adjacent to an activating group) is 1. The lowest BCUT2D eigenvalue weighted by molar-refractivity contribution is 0.181. The molecule has 0 bridgehead atoms. The van der Waals surface area contributed by atoms with Crippen LogP contribution in [0.3, 0.4) is 0 Å². The monoisotopic (exact) mass is 258 g/mol. The van der Waals surface area contributed by atoms with Gasteiger partial charge in [0.15, 0.2) is 0 Å². The SMILES string of the molecule is CCNC(C)C(C)Oc1cccc2ccc(C)nc12. The molecule has 1 N–H and O–H groups in total. The van der Waals surface area contributed by atoms with Crippen LogP contribution in [0, 0.1) is 6.92 Å². The van der Waals surface area contributed by atoms with Crippen molar-refractivity contribution in [3.05, 3.63) is 36.0 Å². The average Bonchev–Trinajstić information content (AvgIpc) is 2.39. The molecule has 0 aliphatic heterocycles. The van der Waals surface area contributed by atoms with Crippen molar-refractivity contribution >= 4 is 10.9 Å². The van der Waals surface area contributed by atoms with Crippen molar-refractivity contribution < 1.29 is 4.74 Å². The fraction of sp³-hybridized carbons (Fsp3) is 0.438. The largest absolute Gasteiger partial charge is 0.487 e. The molecule has 0 amide bonds. The lowest BCUT2D eigenvalue weighted by atomic mass is 10.1. The molecule has 1 aromatic heterocycles. The second kappa shape index (κ2) is 6.02. The number of ether oxygens (including phenoxy) is 1. The number of aryl methyl sites for hydroxylation is 1. The molecule has 2 aromatic rings. The van der Waals surface area contributed by atoms with E-state index in [2.05, 4.69) is 43.2 Å². The summed E-state index contributed by atoms with van der Waals surface area (Å²) in [6.07, 6.45) is 0.105. The molecule has 0 radical (unpaired) electrons. The first-order chi connectivity index (χ1) is 9.11. The summed E-state index contributed by atoms with van der Waals surface area (Å²) in [6.45, 7) is 9.27. The van der Waals surface area contributed by atoms with Gasteiger partial charge in [0.05, 0.1) is 0 Å². The number of aromatic nitrogens is 1. The highest BCUT2D eigenvalue weighted by Crippen LogP contribution is 2.25. The van der Waals surface area contributed by atoms with Gasteiger partial charge in [0.2, 0.25) is 0 Å². The maximum Gasteiger partial charge on any atom is 0.146 e. The van der Waals surface area contributed by atoms with E-state index in [1.807, 2.05) is 25.1 Å². The van der Waals surface area contributed by atoms with E-state index >= 15 is 0 Å². The minimum Gasteiger partial charge on any atom is -0.487 e. The van der Waals surface area contributed by atoms with Gasteiger partial charge >= 0.3 is 0 Å². The maximum absolute atomic E-state index is 6.07. The first kappa shape index (κ1) is 13.8. The summed E-state index contributed by atoms with van der Waals surface area (Å²) in [6, 6.07) is 10.5. The Balaban J connectivity index is 2.27. The Bertz CT molecular complexity index is 553. The molecule has 2 rings (SSSR count). The van der Waals surface area contributed by atoms with E-state index in [1.54, 1.807) is 0 Å². The number of benzene rings is 1. The lowest BCUT2D eigenvalue weighted by Gasteiger charge is -2.22. The van der Waals surface area contributed by atoms with Crippen LogP contribution in [-0.4, -0.2) is 23.7 Å². The topological polar surface area (TPSA) is 34.1 Å². The van der Waals surface area contributed by atoms with Crippen molar-refractivity contribution in [1.82, 2.24) is 10.3 Å². The molecule has 0 saturated carbocycles. The van der Waals surface area contributed by atoms with Gasteiger partial charge in [-0.25, -0.2) is 4.98 Å². The molecule has 0 aliphatic rings. The van der Waals surface area contributed by atoms with Crippen LogP contribution >= 0.6 is 0 Å². The molecule has 2 unspecified atom stereocenters. The summed E-state index contributed by atoms with van der Waals surface area (Å²) < 4.78 is 6.07. The van der Waals surface area contributed by atoms with Crippen LogP contribution in [-0.2, 0) is 0 Å². The van der Waals surface area contributed by atoms with Crippen LogP contribution in [0.2, 0.25) is 0 Å². The average molecular weight is 258 g/mol. The number of hydrogen-bond acceptors (Lipinski definition) is 3. The maximum atomic E-state index is 6.07. The highest BCUT2D eigenvalue weighted by Gasteiger charge is 2.14. The summed E-state index contributed by atoms with van der Waals surface area (Å²) in [5, 5.41) is 4.50. The Hall–Kier alpha value is -1.61. The van der Waals surface area contributed by atoms with Crippen LogP contribution in [0.5, 0.6) is 5.75 Å². The Morgan fingerprint density at radius 3 is 2.74 bits per heavy atom. The first-order valence-electron chi connectivity index (χ1n) is 6.88. The molecular formula is C16H22N2O. The van der Waals surface area contributed by atoms with Crippen LogP contribution < -0.4 is 10.1 Å². The molecule has 0 saturated heterocycles. The summed E-state index contributed by atoms with van der Waals surface area (Å²) in [4.78, 5) is 4.59. The Labute approximate surface area is 115 Å². The number of nitrogens with one attached hydrogen (secondary N) is 1. The fourth-order valence-corrected chi connectivity index (χ4v) is 2.10. The third kappa shape index (κ3) is 3.24. The molecule has 3 nitrogen and oxygen atoms in total. The zero-order chi connectivity index (χ0) is 13.8. The van der Waals surface area contributed by atoms with Gasteiger partial charge in [0.1, 0.15) is 17.4 Å². The summed E-state index contributed by atoms with van der Waals surface area (Å²) in [5.74, 6) is 0.860. The van der Waals surface area contributed by atoms with E-state index in [0.717, 1.165) is 28.9 Å². The second-order valence-electron chi connectivity index (χ2n) is 4.95. The summed E-state index contributed by atoms with van der Waals surface area (Å²) >= 11 is 0. The lowest BCUT2D eigenvalue weighted by Crippen LogP contribution is -2.38. The van der Waals surface area contributed by atoms with Crippen molar-refractivity contribution in [3.63, 3.8) is 0 Å². The number of para-hydroxylation sites is 1. The van der Waals surface area contributed by atoms with Gasteiger partial charge in [0, 0.05) is 17.1 Å². The van der Waals surface area contributed by atoms with Gasteiger partial charge in [-0.05, 0) is 39.4 Å². The normalized spacial score (nSPS) is 14.3. The van der Waals surface area contributed by atoms with Gasteiger partial charge in [-0.2, -0.15) is 0 Å². The van der Waals surface area contributed by atoms with E-state index in [9.17, 15) is 0 Å².